The van der Waals surface area contributed by atoms with Crippen LogP contribution >= 0.6 is 0 Å². The van der Waals surface area contributed by atoms with E-state index in [0.29, 0.717) is 11.7 Å². The van der Waals surface area contributed by atoms with E-state index in [1.807, 2.05) is 18.2 Å². The van der Waals surface area contributed by atoms with Gasteiger partial charge in [-0.15, -0.1) is 0 Å². The van der Waals surface area contributed by atoms with E-state index in [4.69, 9.17) is 4.43 Å². The summed E-state index contributed by atoms with van der Waals surface area (Å²) in [5, 5.41) is 0.216. The molecule has 1 aliphatic carbocycles. The summed E-state index contributed by atoms with van der Waals surface area (Å²) in [6.07, 6.45) is 2.82. The second-order valence-electron chi connectivity index (χ2n) is 8.08. The third-order valence-corrected chi connectivity index (χ3v) is 9.94. The normalized spacial score (nSPS) is 23.6. The van der Waals surface area contributed by atoms with Gasteiger partial charge < -0.3 is 4.43 Å². The maximum absolute atomic E-state index is 12.5. The molecule has 1 aliphatic rings. The van der Waals surface area contributed by atoms with Crippen LogP contribution in [0.25, 0.3) is 0 Å². The summed E-state index contributed by atoms with van der Waals surface area (Å²) in [5.41, 5.74) is 1.16. The van der Waals surface area contributed by atoms with Crippen LogP contribution in [-0.4, -0.2) is 20.7 Å². The zero-order chi connectivity index (χ0) is 16.4. The van der Waals surface area contributed by atoms with Gasteiger partial charge in [0.2, 0.25) is 0 Å². The van der Waals surface area contributed by atoms with Gasteiger partial charge >= 0.3 is 0 Å². The predicted octanol–water partition coefficient (Wildman–Crippen LogP) is 5.16. The topological polar surface area (TPSA) is 26.3 Å². The molecule has 1 saturated carbocycles. The van der Waals surface area contributed by atoms with Gasteiger partial charge in [-0.1, -0.05) is 51.1 Å². The second-order valence-corrected chi connectivity index (χ2v) is 12.9. The first-order valence-corrected chi connectivity index (χ1v) is 11.3. The number of hydrogen-bond donors (Lipinski definition) is 0. The van der Waals surface area contributed by atoms with Crippen molar-refractivity contribution >= 4 is 14.1 Å². The number of hydrogen-bond acceptors (Lipinski definition) is 2. The summed E-state index contributed by atoms with van der Waals surface area (Å²) < 4.78 is 6.42. The fourth-order valence-electron chi connectivity index (χ4n) is 2.95. The molecule has 0 radical (unpaired) electrons. The van der Waals surface area contributed by atoms with Crippen molar-refractivity contribution in [1.29, 1.82) is 0 Å². The molecular weight excluding hydrogens is 288 g/mol. The Labute approximate surface area is 136 Å². The van der Waals surface area contributed by atoms with E-state index < -0.39 is 8.32 Å². The van der Waals surface area contributed by atoms with E-state index in [1.54, 1.807) is 0 Å². The van der Waals surface area contributed by atoms with E-state index in [9.17, 15) is 4.79 Å². The van der Waals surface area contributed by atoms with Gasteiger partial charge in [-0.2, -0.15) is 0 Å². The summed E-state index contributed by atoms with van der Waals surface area (Å²) in [5.74, 6) is 0.749. The fourth-order valence-corrected chi connectivity index (χ4v) is 4.02. The maximum atomic E-state index is 12.5. The highest BCUT2D eigenvalue weighted by Gasteiger charge is 2.40. The Morgan fingerprint density at radius 1 is 1.18 bits per heavy atom. The van der Waals surface area contributed by atoms with Gasteiger partial charge in [0, 0.05) is 18.9 Å². The zero-order valence-electron chi connectivity index (χ0n) is 14.7. The number of ketones is 1. The molecule has 2 atom stereocenters. The lowest BCUT2D eigenvalue weighted by Crippen LogP contribution is -2.43. The Morgan fingerprint density at radius 2 is 1.82 bits per heavy atom. The Kier molecular flexibility index (Phi) is 5.28. The van der Waals surface area contributed by atoms with E-state index >= 15 is 0 Å². The van der Waals surface area contributed by atoms with Crippen molar-refractivity contribution in [2.24, 2.45) is 5.92 Å². The minimum Gasteiger partial charge on any atom is -0.417 e. The number of Topliss-reactive ketones (excluding diaryl/α,β-unsaturated/α-hetero) is 1. The zero-order valence-corrected chi connectivity index (χ0v) is 15.7. The standard InChI is InChI=1S/C19H30O2Si/c1-19(2,3)22(4,5)21-14-16-12-9-13-17(20)18(16)15-10-7-6-8-11-15/h6-8,10-11,16,18H,9,12-14H2,1-5H3/t16-,18+/m1/s1. The van der Waals surface area contributed by atoms with Crippen molar-refractivity contribution in [2.75, 3.05) is 6.61 Å². The summed E-state index contributed by atoms with van der Waals surface area (Å²) >= 11 is 0. The smallest absolute Gasteiger partial charge is 0.191 e. The second kappa shape index (κ2) is 6.67. The Morgan fingerprint density at radius 3 is 2.41 bits per heavy atom. The molecule has 1 aromatic rings. The van der Waals surface area contributed by atoms with Crippen LogP contribution in [0.2, 0.25) is 18.1 Å². The highest BCUT2D eigenvalue weighted by atomic mass is 28.4. The molecule has 0 bridgehead atoms. The largest absolute Gasteiger partial charge is 0.417 e. The average Bonchev–Trinajstić information content (AvgIpc) is 2.45. The van der Waals surface area contributed by atoms with Crippen molar-refractivity contribution in [2.45, 2.75) is 64.1 Å². The summed E-state index contributed by atoms with van der Waals surface area (Å²) in [4.78, 5) is 12.5. The molecule has 2 rings (SSSR count). The lowest BCUT2D eigenvalue weighted by atomic mass is 9.75. The fraction of sp³-hybridized carbons (Fsp3) is 0.632. The summed E-state index contributed by atoms with van der Waals surface area (Å²) in [6.45, 7) is 12.1. The summed E-state index contributed by atoms with van der Waals surface area (Å²) in [7, 11) is -1.75. The molecule has 2 nitrogen and oxygen atoms in total. The number of benzene rings is 1. The molecule has 1 aromatic carbocycles. The molecule has 0 heterocycles. The van der Waals surface area contributed by atoms with Crippen molar-refractivity contribution in [3.05, 3.63) is 35.9 Å². The minimum atomic E-state index is -1.75. The lowest BCUT2D eigenvalue weighted by molar-refractivity contribution is -0.124. The molecule has 122 valence electrons. The van der Waals surface area contributed by atoms with Crippen molar-refractivity contribution < 1.29 is 9.22 Å². The van der Waals surface area contributed by atoms with Gasteiger partial charge in [0.25, 0.3) is 0 Å². The molecule has 0 unspecified atom stereocenters. The van der Waals surface area contributed by atoms with Crippen LogP contribution < -0.4 is 0 Å². The first-order chi connectivity index (χ1) is 10.2. The first kappa shape index (κ1) is 17.4. The number of carbonyl (C=O) groups excluding carboxylic acids is 1. The van der Waals surface area contributed by atoms with E-state index in [0.717, 1.165) is 31.4 Å². The molecule has 1 fully saturated rings. The van der Waals surface area contributed by atoms with Gasteiger partial charge in [0.1, 0.15) is 5.78 Å². The Hall–Kier alpha value is -0.933. The molecule has 0 N–H and O–H groups in total. The van der Waals surface area contributed by atoms with Crippen molar-refractivity contribution in [3.63, 3.8) is 0 Å². The molecule has 22 heavy (non-hydrogen) atoms. The van der Waals surface area contributed by atoms with E-state index in [1.165, 1.54) is 0 Å². The highest BCUT2D eigenvalue weighted by molar-refractivity contribution is 6.74. The van der Waals surface area contributed by atoms with E-state index in [-0.39, 0.29) is 11.0 Å². The number of carbonyl (C=O) groups is 1. The van der Waals surface area contributed by atoms with Crippen molar-refractivity contribution in [1.82, 2.24) is 0 Å². The quantitative estimate of drug-likeness (QED) is 0.717. The monoisotopic (exact) mass is 318 g/mol. The molecule has 0 spiro atoms. The lowest BCUT2D eigenvalue weighted by Gasteiger charge is -2.39. The minimum absolute atomic E-state index is 0.0275. The predicted molar refractivity (Wildman–Crippen MR) is 94.7 cm³/mol. The summed E-state index contributed by atoms with van der Waals surface area (Å²) in [6, 6.07) is 10.3. The van der Waals surface area contributed by atoms with Crippen LogP contribution in [0.5, 0.6) is 0 Å². The Balaban J connectivity index is 2.12. The molecule has 0 aliphatic heterocycles. The molecular formula is C19H30O2Si. The van der Waals surface area contributed by atoms with Crippen LogP contribution in [0.1, 0.15) is 51.5 Å². The number of rotatable bonds is 4. The van der Waals surface area contributed by atoms with Crippen LogP contribution in [0.4, 0.5) is 0 Å². The van der Waals surface area contributed by atoms with Crippen LogP contribution in [0.3, 0.4) is 0 Å². The van der Waals surface area contributed by atoms with Crippen LogP contribution in [0.15, 0.2) is 30.3 Å². The maximum Gasteiger partial charge on any atom is 0.191 e. The van der Waals surface area contributed by atoms with Gasteiger partial charge in [-0.05, 0) is 42.5 Å². The van der Waals surface area contributed by atoms with Crippen LogP contribution in [-0.2, 0) is 9.22 Å². The molecule has 0 saturated heterocycles. The van der Waals surface area contributed by atoms with Crippen molar-refractivity contribution in [3.8, 4) is 0 Å². The van der Waals surface area contributed by atoms with Gasteiger partial charge in [0.15, 0.2) is 8.32 Å². The van der Waals surface area contributed by atoms with E-state index in [2.05, 4.69) is 46.0 Å². The van der Waals surface area contributed by atoms with Gasteiger partial charge in [-0.25, -0.2) is 0 Å². The average molecular weight is 319 g/mol. The van der Waals surface area contributed by atoms with Crippen LogP contribution in [0, 0.1) is 5.92 Å². The Bertz CT molecular complexity index is 502. The van der Waals surface area contributed by atoms with Gasteiger partial charge in [-0.3, -0.25) is 4.79 Å². The molecule has 0 aromatic heterocycles. The SMILES string of the molecule is CC(C)(C)[Si](C)(C)OC[C@H]1CCCC(=O)[C@H]1c1ccccc1. The highest BCUT2D eigenvalue weighted by Crippen LogP contribution is 2.40. The molecule has 0 amide bonds. The van der Waals surface area contributed by atoms with Gasteiger partial charge in [0.05, 0.1) is 0 Å². The molecule has 3 heteroatoms. The first-order valence-electron chi connectivity index (χ1n) is 8.44. The third kappa shape index (κ3) is 3.88. The third-order valence-electron chi connectivity index (χ3n) is 5.44.